The zero-order valence-corrected chi connectivity index (χ0v) is 19.3. The van der Waals surface area contributed by atoms with E-state index in [2.05, 4.69) is 9.89 Å². The summed E-state index contributed by atoms with van der Waals surface area (Å²) < 4.78 is 48.4. The minimum absolute atomic E-state index is 0.0212. The molecule has 3 N–H and O–H groups in total. The Morgan fingerprint density at radius 3 is 2.62 bits per heavy atom. The largest absolute Gasteiger partial charge is 0.491 e. The van der Waals surface area contributed by atoms with E-state index < -0.39 is 23.9 Å². The zero-order chi connectivity index (χ0) is 25.1. The van der Waals surface area contributed by atoms with Crippen LogP contribution in [0.15, 0.2) is 29.4 Å². The van der Waals surface area contributed by atoms with E-state index in [0.717, 1.165) is 44.2 Å². The Hall–Kier alpha value is -2.33. The van der Waals surface area contributed by atoms with Crippen LogP contribution in [0.2, 0.25) is 0 Å². The second-order valence-corrected chi connectivity index (χ2v) is 8.73. The first-order valence-electron chi connectivity index (χ1n) is 11.6. The molecule has 1 aliphatic rings. The lowest BCUT2D eigenvalue weighted by molar-refractivity contribution is -0.140. The Balaban J connectivity index is 1.80. The summed E-state index contributed by atoms with van der Waals surface area (Å²) in [5.74, 6) is -0.514. The van der Waals surface area contributed by atoms with Gasteiger partial charge in [0.15, 0.2) is 0 Å². The van der Waals surface area contributed by atoms with Crippen LogP contribution in [-0.2, 0) is 15.7 Å². The Bertz CT molecular complexity index is 801. The van der Waals surface area contributed by atoms with Gasteiger partial charge in [-0.3, -0.25) is 4.79 Å². The summed E-state index contributed by atoms with van der Waals surface area (Å²) in [7, 11) is 1.36. The number of ether oxygens (including phenoxy) is 2. The number of alkyl halides is 3. The van der Waals surface area contributed by atoms with Gasteiger partial charge in [-0.2, -0.15) is 13.2 Å². The van der Waals surface area contributed by atoms with Crippen LogP contribution >= 0.6 is 0 Å². The number of carbonyl (C=O) groups is 1. The summed E-state index contributed by atoms with van der Waals surface area (Å²) in [6.45, 7) is -0.174. The molecule has 2 rings (SSSR count). The van der Waals surface area contributed by atoms with E-state index in [9.17, 15) is 33.4 Å². The summed E-state index contributed by atoms with van der Waals surface area (Å²) in [6, 6.07) is 4.48. The maximum absolute atomic E-state index is 12.8. The lowest BCUT2D eigenvalue weighted by Crippen LogP contribution is -2.24. The van der Waals surface area contributed by atoms with E-state index in [1.54, 1.807) is 0 Å². The number of nitrogens with zero attached hydrogens (tertiary/aromatic N) is 1. The van der Waals surface area contributed by atoms with Gasteiger partial charge in [0.05, 0.1) is 30.6 Å². The molecular weight excluding hydrogens is 455 g/mol. The fourth-order valence-corrected chi connectivity index (χ4v) is 4.44. The van der Waals surface area contributed by atoms with Crippen molar-refractivity contribution in [2.75, 3.05) is 13.7 Å². The van der Waals surface area contributed by atoms with Crippen molar-refractivity contribution in [1.82, 2.24) is 0 Å². The molecule has 0 aliphatic heterocycles. The van der Waals surface area contributed by atoms with Gasteiger partial charge < -0.3 is 24.9 Å². The van der Waals surface area contributed by atoms with Crippen LogP contribution in [0.1, 0.15) is 63.4 Å². The van der Waals surface area contributed by atoms with Crippen LogP contribution in [-0.4, -0.2) is 53.0 Å². The molecule has 34 heavy (non-hydrogen) atoms. The van der Waals surface area contributed by atoms with Gasteiger partial charge in [-0.1, -0.05) is 30.5 Å². The van der Waals surface area contributed by atoms with Crippen molar-refractivity contribution in [2.45, 2.75) is 76.2 Å². The maximum Gasteiger partial charge on any atom is 0.416 e. The zero-order valence-electron chi connectivity index (χ0n) is 19.3. The van der Waals surface area contributed by atoms with Crippen molar-refractivity contribution in [3.63, 3.8) is 0 Å². The summed E-state index contributed by atoms with van der Waals surface area (Å²) in [4.78, 5) is 11.2. The smallest absolute Gasteiger partial charge is 0.416 e. The molecule has 1 aliphatic carbocycles. The number of unbranched alkanes of at least 4 members (excludes halogenated alkanes) is 3. The normalized spacial score (nSPS) is 22.6. The standard InChI is InChI=1S/C24H34F3NO6/c1-33-23(31)10-5-3-2-4-9-20-19(21(28-32)14-22(20)30)12-11-17(29)15-34-18-8-6-7-16(13-18)24(25,26)27/h6-8,13,17,19-20,22,29-30,32H,2-5,9-12,14-15H2,1H3/b28-21-. The summed E-state index contributed by atoms with van der Waals surface area (Å²) in [5, 5.41) is 33.4. The highest BCUT2D eigenvalue weighted by atomic mass is 19.4. The minimum Gasteiger partial charge on any atom is -0.491 e. The number of benzene rings is 1. The summed E-state index contributed by atoms with van der Waals surface area (Å²) in [6.07, 6.45) is -0.571. The molecule has 0 amide bonds. The van der Waals surface area contributed by atoms with E-state index in [4.69, 9.17) is 4.74 Å². The SMILES string of the molecule is COC(=O)CCCCCCC1C(O)C/C(=N/O)C1CCC(O)COc1cccc(C(F)(F)F)c1. The second-order valence-electron chi connectivity index (χ2n) is 8.73. The summed E-state index contributed by atoms with van der Waals surface area (Å²) in [5.41, 5.74) is -0.328. The number of hydrogen-bond acceptors (Lipinski definition) is 7. The maximum atomic E-state index is 12.8. The third kappa shape index (κ3) is 8.79. The van der Waals surface area contributed by atoms with Gasteiger partial charge in [0, 0.05) is 18.8 Å². The van der Waals surface area contributed by atoms with E-state index in [1.807, 2.05) is 0 Å². The van der Waals surface area contributed by atoms with Crippen LogP contribution in [0, 0.1) is 11.8 Å². The molecule has 0 heterocycles. The van der Waals surface area contributed by atoms with Crippen LogP contribution in [0.4, 0.5) is 13.2 Å². The van der Waals surface area contributed by atoms with Crippen LogP contribution in [0.5, 0.6) is 5.75 Å². The fourth-order valence-electron chi connectivity index (χ4n) is 4.44. The molecule has 0 bridgehead atoms. The Labute approximate surface area is 197 Å². The molecule has 0 radical (unpaired) electrons. The van der Waals surface area contributed by atoms with E-state index in [1.165, 1.54) is 19.2 Å². The topological polar surface area (TPSA) is 109 Å². The average Bonchev–Trinajstić information content (AvgIpc) is 3.12. The molecule has 0 aromatic heterocycles. The molecule has 7 nitrogen and oxygen atoms in total. The highest BCUT2D eigenvalue weighted by Gasteiger charge is 2.39. The number of methoxy groups -OCH3 is 1. The summed E-state index contributed by atoms with van der Waals surface area (Å²) >= 11 is 0. The third-order valence-electron chi connectivity index (χ3n) is 6.30. The molecule has 192 valence electrons. The molecule has 10 heteroatoms. The number of rotatable bonds is 13. The predicted octanol–water partition coefficient (Wildman–Crippen LogP) is 4.57. The number of halogens is 3. The number of esters is 1. The Morgan fingerprint density at radius 2 is 1.94 bits per heavy atom. The molecule has 0 saturated heterocycles. The molecule has 1 saturated carbocycles. The van der Waals surface area contributed by atoms with Gasteiger partial charge >= 0.3 is 12.1 Å². The Morgan fingerprint density at radius 1 is 1.21 bits per heavy atom. The van der Waals surface area contributed by atoms with E-state index in [-0.39, 0.29) is 43.0 Å². The number of aliphatic hydroxyl groups excluding tert-OH is 2. The molecule has 1 aromatic carbocycles. The van der Waals surface area contributed by atoms with Gasteiger partial charge in [0.1, 0.15) is 12.4 Å². The number of aliphatic hydroxyl groups is 2. The molecule has 0 spiro atoms. The van der Waals surface area contributed by atoms with Crippen LogP contribution in [0.25, 0.3) is 0 Å². The van der Waals surface area contributed by atoms with Crippen molar-refractivity contribution in [3.05, 3.63) is 29.8 Å². The predicted molar refractivity (Wildman–Crippen MR) is 119 cm³/mol. The van der Waals surface area contributed by atoms with Gasteiger partial charge in [0.2, 0.25) is 0 Å². The quantitative estimate of drug-likeness (QED) is 0.162. The van der Waals surface area contributed by atoms with E-state index >= 15 is 0 Å². The Kier molecular flexibility index (Phi) is 11.1. The second kappa shape index (κ2) is 13.5. The van der Waals surface area contributed by atoms with Crippen molar-refractivity contribution in [3.8, 4) is 5.75 Å². The lowest BCUT2D eigenvalue weighted by atomic mass is 9.85. The first-order chi connectivity index (χ1) is 16.2. The molecule has 1 fully saturated rings. The molecule has 1 aromatic rings. The van der Waals surface area contributed by atoms with Gasteiger partial charge in [-0.15, -0.1) is 0 Å². The highest BCUT2D eigenvalue weighted by molar-refractivity contribution is 5.89. The van der Waals surface area contributed by atoms with E-state index in [0.29, 0.717) is 18.6 Å². The van der Waals surface area contributed by atoms with Crippen molar-refractivity contribution in [2.24, 2.45) is 17.0 Å². The van der Waals surface area contributed by atoms with Crippen molar-refractivity contribution < 1.29 is 42.9 Å². The number of carbonyl (C=O) groups excluding carboxylic acids is 1. The monoisotopic (exact) mass is 489 g/mol. The average molecular weight is 490 g/mol. The first-order valence-corrected chi connectivity index (χ1v) is 11.6. The highest BCUT2D eigenvalue weighted by Crippen LogP contribution is 2.37. The number of oxime groups is 1. The molecular formula is C24H34F3NO6. The van der Waals surface area contributed by atoms with Crippen LogP contribution < -0.4 is 4.74 Å². The minimum atomic E-state index is -4.47. The van der Waals surface area contributed by atoms with Crippen molar-refractivity contribution >= 4 is 11.7 Å². The third-order valence-corrected chi connectivity index (χ3v) is 6.30. The fraction of sp³-hybridized carbons (Fsp3) is 0.667. The lowest BCUT2D eigenvalue weighted by Gasteiger charge is -2.23. The van der Waals surface area contributed by atoms with Gasteiger partial charge in [0.25, 0.3) is 0 Å². The van der Waals surface area contributed by atoms with Crippen LogP contribution in [0.3, 0.4) is 0 Å². The molecule has 4 unspecified atom stereocenters. The number of hydrogen-bond donors (Lipinski definition) is 3. The van der Waals surface area contributed by atoms with Gasteiger partial charge in [-0.05, 0) is 49.8 Å². The first kappa shape index (κ1) is 27.9. The van der Waals surface area contributed by atoms with Gasteiger partial charge in [-0.25, -0.2) is 0 Å². The molecule has 4 atom stereocenters. The van der Waals surface area contributed by atoms with Crippen molar-refractivity contribution in [1.29, 1.82) is 0 Å².